The molecule has 0 saturated carbocycles. The van der Waals surface area contributed by atoms with Crippen LogP contribution in [0.3, 0.4) is 0 Å². The number of hydrogen-bond acceptors (Lipinski definition) is 4. The zero-order chi connectivity index (χ0) is 11.4. The minimum absolute atomic E-state index is 0.389. The summed E-state index contributed by atoms with van der Waals surface area (Å²) in [6.07, 6.45) is 3.23. The topological polar surface area (TPSA) is 38.1 Å². The van der Waals surface area contributed by atoms with E-state index in [0.717, 1.165) is 23.3 Å². The number of benzene rings is 1. The Morgan fingerprint density at radius 3 is 3.00 bits per heavy atom. The molecular formula is C12H16N2OS. The van der Waals surface area contributed by atoms with Crippen molar-refractivity contribution >= 4 is 28.9 Å². The fourth-order valence-electron chi connectivity index (χ4n) is 1.51. The number of hydrogen-bond donors (Lipinski definition) is 1. The maximum absolute atomic E-state index is 5.59. The molecule has 0 spiro atoms. The summed E-state index contributed by atoms with van der Waals surface area (Å²) in [7, 11) is 0. The van der Waals surface area contributed by atoms with Crippen LogP contribution in [0.2, 0.25) is 0 Å². The Kier molecular flexibility index (Phi) is 3.72. The summed E-state index contributed by atoms with van der Waals surface area (Å²) in [4.78, 5) is 4.38. The molecular weight excluding hydrogens is 220 g/mol. The molecule has 0 bridgehead atoms. The van der Waals surface area contributed by atoms with Crippen molar-refractivity contribution in [2.45, 2.75) is 19.4 Å². The van der Waals surface area contributed by atoms with Crippen LogP contribution >= 0.6 is 11.8 Å². The van der Waals surface area contributed by atoms with E-state index in [1.54, 1.807) is 0 Å². The molecule has 0 amide bonds. The Morgan fingerprint density at radius 1 is 1.44 bits per heavy atom. The van der Waals surface area contributed by atoms with Crippen LogP contribution in [0.4, 0.5) is 6.01 Å². The van der Waals surface area contributed by atoms with E-state index in [1.165, 1.54) is 0 Å². The summed E-state index contributed by atoms with van der Waals surface area (Å²) in [6, 6.07) is 8.81. The molecule has 1 N–H and O–H groups in total. The predicted molar refractivity (Wildman–Crippen MR) is 70.1 cm³/mol. The third kappa shape index (κ3) is 2.70. The summed E-state index contributed by atoms with van der Waals surface area (Å²) < 4.78 is 5.59. The van der Waals surface area contributed by atoms with E-state index in [9.17, 15) is 0 Å². The van der Waals surface area contributed by atoms with Gasteiger partial charge in [0.15, 0.2) is 5.58 Å². The van der Waals surface area contributed by atoms with Gasteiger partial charge in [0, 0.05) is 6.04 Å². The second-order valence-corrected chi connectivity index (χ2v) is 4.80. The first kappa shape index (κ1) is 11.3. The van der Waals surface area contributed by atoms with Crippen molar-refractivity contribution in [1.29, 1.82) is 0 Å². The first-order chi connectivity index (χ1) is 7.79. The number of anilines is 1. The van der Waals surface area contributed by atoms with Crippen LogP contribution in [0.1, 0.15) is 13.3 Å². The molecule has 1 aromatic carbocycles. The molecule has 3 nitrogen and oxygen atoms in total. The van der Waals surface area contributed by atoms with Gasteiger partial charge in [-0.1, -0.05) is 12.1 Å². The highest BCUT2D eigenvalue weighted by molar-refractivity contribution is 7.98. The van der Waals surface area contributed by atoms with Crippen LogP contribution in [0.5, 0.6) is 0 Å². The maximum atomic E-state index is 5.59. The predicted octanol–water partition coefficient (Wildman–Crippen LogP) is 3.38. The van der Waals surface area contributed by atoms with Crippen LogP contribution in [-0.4, -0.2) is 23.0 Å². The summed E-state index contributed by atoms with van der Waals surface area (Å²) in [6.45, 7) is 2.14. The maximum Gasteiger partial charge on any atom is 0.295 e. The smallest absolute Gasteiger partial charge is 0.295 e. The molecule has 0 aliphatic carbocycles. The van der Waals surface area contributed by atoms with Crippen molar-refractivity contribution in [3.63, 3.8) is 0 Å². The molecule has 4 heteroatoms. The lowest BCUT2D eigenvalue weighted by atomic mass is 10.3. The Balaban J connectivity index is 2.03. The lowest BCUT2D eigenvalue weighted by Gasteiger charge is -2.10. The molecule has 0 fully saturated rings. The van der Waals surface area contributed by atoms with Gasteiger partial charge in [-0.3, -0.25) is 0 Å². The van der Waals surface area contributed by atoms with Gasteiger partial charge in [-0.05, 0) is 37.5 Å². The fraction of sp³-hybridized carbons (Fsp3) is 0.417. The molecule has 1 aromatic heterocycles. The number of nitrogens with one attached hydrogen (secondary N) is 1. The number of fused-ring (bicyclic) bond motifs is 1. The van der Waals surface area contributed by atoms with Crippen LogP contribution in [-0.2, 0) is 0 Å². The lowest BCUT2D eigenvalue weighted by Crippen LogP contribution is -2.15. The van der Waals surface area contributed by atoms with Crippen LogP contribution in [0.15, 0.2) is 28.7 Å². The van der Waals surface area contributed by atoms with Gasteiger partial charge in [0.25, 0.3) is 6.01 Å². The molecule has 0 saturated heterocycles. The Bertz CT molecular complexity index is 422. The molecule has 86 valence electrons. The highest BCUT2D eigenvalue weighted by atomic mass is 32.2. The van der Waals surface area contributed by atoms with E-state index in [4.69, 9.17) is 4.42 Å². The summed E-state index contributed by atoms with van der Waals surface area (Å²) in [5, 5.41) is 3.28. The largest absolute Gasteiger partial charge is 0.424 e. The molecule has 0 aliphatic rings. The van der Waals surface area contributed by atoms with Crippen molar-refractivity contribution in [2.75, 3.05) is 17.3 Å². The van der Waals surface area contributed by atoms with E-state index in [-0.39, 0.29) is 0 Å². The van der Waals surface area contributed by atoms with Crippen molar-refractivity contribution in [3.05, 3.63) is 24.3 Å². The first-order valence-electron chi connectivity index (χ1n) is 5.40. The summed E-state index contributed by atoms with van der Waals surface area (Å²) >= 11 is 1.85. The van der Waals surface area contributed by atoms with Crippen molar-refractivity contribution in [2.24, 2.45) is 0 Å². The van der Waals surface area contributed by atoms with Crippen molar-refractivity contribution in [1.82, 2.24) is 4.98 Å². The minimum atomic E-state index is 0.389. The molecule has 1 atom stereocenters. The van der Waals surface area contributed by atoms with Crippen LogP contribution < -0.4 is 5.32 Å². The minimum Gasteiger partial charge on any atom is -0.424 e. The van der Waals surface area contributed by atoms with Gasteiger partial charge in [0.05, 0.1) is 0 Å². The van der Waals surface area contributed by atoms with Gasteiger partial charge in [-0.15, -0.1) is 0 Å². The molecule has 0 radical (unpaired) electrons. The molecule has 1 unspecified atom stereocenters. The molecule has 2 rings (SSSR count). The third-order valence-electron chi connectivity index (χ3n) is 2.42. The zero-order valence-corrected chi connectivity index (χ0v) is 10.4. The fourth-order valence-corrected chi connectivity index (χ4v) is 2.10. The number of thioether (sulfide) groups is 1. The molecule has 0 aliphatic heterocycles. The Morgan fingerprint density at radius 2 is 2.25 bits per heavy atom. The number of rotatable bonds is 5. The second-order valence-electron chi connectivity index (χ2n) is 3.81. The van der Waals surface area contributed by atoms with Crippen LogP contribution in [0, 0.1) is 0 Å². The zero-order valence-electron chi connectivity index (χ0n) is 9.56. The van der Waals surface area contributed by atoms with E-state index >= 15 is 0 Å². The second kappa shape index (κ2) is 5.25. The van der Waals surface area contributed by atoms with Gasteiger partial charge >= 0.3 is 0 Å². The highest BCUT2D eigenvalue weighted by Gasteiger charge is 2.07. The van der Waals surface area contributed by atoms with Gasteiger partial charge in [0.2, 0.25) is 0 Å². The lowest BCUT2D eigenvalue weighted by molar-refractivity contribution is 0.597. The average molecular weight is 236 g/mol. The highest BCUT2D eigenvalue weighted by Crippen LogP contribution is 2.19. The number of nitrogens with zero attached hydrogens (tertiary/aromatic N) is 1. The Hall–Kier alpha value is -1.16. The molecule has 2 aromatic rings. The quantitative estimate of drug-likeness (QED) is 0.863. The van der Waals surface area contributed by atoms with E-state index in [2.05, 4.69) is 23.5 Å². The Labute approximate surface area is 99.6 Å². The third-order valence-corrected chi connectivity index (χ3v) is 3.06. The summed E-state index contributed by atoms with van der Waals surface area (Å²) in [5.41, 5.74) is 1.74. The molecule has 16 heavy (non-hydrogen) atoms. The van der Waals surface area contributed by atoms with Gasteiger partial charge < -0.3 is 9.73 Å². The van der Waals surface area contributed by atoms with Gasteiger partial charge in [-0.25, -0.2) is 0 Å². The van der Waals surface area contributed by atoms with Crippen molar-refractivity contribution < 1.29 is 4.42 Å². The van der Waals surface area contributed by atoms with Gasteiger partial charge in [0.1, 0.15) is 5.52 Å². The molecule has 1 heterocycles. The SMILES string of the molecule is CSCCC(C)Nc1nc2ccccc2o1. The standard InChI is InChI=1S/C12H16N2OS/c1-9(7-8-16-2)13-12-14-10-5-3-4-6-11(10)15-12/h3-6,9H,7-8H2,1-2H3,(H,13,14). The van der Waals surface area contributed by atoms with Crippen molar-refractivity contribution in [3.8, 4) is 0 Å². The van der Waals surface area contributed by atoms with E-state index < -0.39 is 0 Å². The van der Waals surface area contributed by atoms with E-state index in [1.807, 2.05) is 36.0 Å². The number of aromatic nitrogens is 1. The van der Waals surface area contributed by atoms with E-state index in [0.29, 0.717) is 12.1 Å². The average Bonchev–Trinajstić information content (AvgIpc) is 2.68. The first-order valence-corrected chi connectivity index (χ1v) is 6.80. The van der Waals surface area contributed by atoms with Gasteiger partial charge in [-0.2, -0.15) is 16.7 Å². The van der Waals surface area contributed by atoms with Crippen LogP contribution in [0.25, 0.3) is 11.1 Å². The monoisotopic (exact) mass is 236 g/mol. The summed E-state index contributed by atoms with van der Waals surface area (Å²) in [5.74, 6) is 1.15. The number of oxazole rings is 1. The normalized spacial score (nSPS) is 12.9. The number of para-hydroxylation sites is 2.